The molecule has 106 valence electrons. The second-order valence-corrected chi connectivity index (χ2v) is 5.04. The van der Waals surface area contributed by atoms with Gasteiger partial charge in [-0.1, -0.05) is 25.1 Å². The lowest BCUT2D eigenvalue weighted by atomic mass is 10.0. The molecule has 1 aromatic rings. The molecule has 1 unspecified atom stereocenters. The first-order valence-electron chi connectivity index (χ1n) is 6.61. The summed E-state index contributed by atoms with van der Waals surface area (Å²) in [5.74, 6) is -0.147. The third-order valence-electron chi connectivity index (χ3n) is 3.24. The van der Waals surface area contributed by atoms with E-state index in [4.69, 9.17) is 4.74 Å². The molecule has 1 aromatic carbocycles. The van der Waals surface area contributed by atoms with Crippen LogP contribution in [0.4, 0.5) is 5.69 Å². The van der Waals surface area contributed by atoms with E-state index in [1.54, 1.807) is 13.8 Å². The summed E-state index contributed by atoms with van der Waals surface area (Å²) >= 11 is 0. The van der Waals surface area contributed by atoms with Gasteiger partial charge in [-0.15, -0.1) is 0 Å². The highest BCUT2D eigenvalue weighted by Gasteiger charge is 2.27. The van der Waals surface area contributed by atoms with Gasteiger partial charge >= 0.3 is 0 Å². The molecule has 0 radical (unpaired) electrons. The number of amides is 1. The van der Waals surface area contributed by atoms with Crippen LogP contribution in [0.1, 0.15) is 39.3 Å². The molecule has 0 aliphatic carbocycles. The summed E-state index contributed by atoms with van der Waals surface area (Å²) in [5.41, 5.74) is 1.06. The Kier molecular flexibility index (Phi) is 5.51. The molecule has 0 heterocycles. The molecule has 1 atom stereocenters. The van der Waals surface area contributed by atoms with E-state index in [2.05, 4.69) is 24.5 Å². The Balaban J connectivity index is 2.93. The number of benzene rings is 1. The van der Waals surface area contributed by atoms with Crippen LogP contribution in [0.15, 0.2) is 24.3 Å². The van der Waals surface area contributed by atoms with Crippen LogP contribution in [0.25, 0.3) is 0 Å². The summed E-state index contributed by atoms with van der Waals surface area (Å²) in [6.45, 7) is 8.52. The number of nitrogens with one attached hydrogen (secondary N) is 2. The number of anilines is 1. The van der Waals surface area contributed by atoms with E-state index in [1.807, 2.05) is 24.3 Å². The van der Waals surface area contributed by atoms with E-state index in [9.17, 15) is 4.79 Å². The fraction of sp³-hybridized carbons (Fsp3) is 0.533. The quantitative estimate of drug-likeness (QED) is 0.830. The minimum Gasteiger partial charge on any atom is -0.369 e. The Morgan fingerprint density at radius 3 is 2.58 bits per heavy atom. The first kappa shape index (κ1) is 15.7. The van der Waals surface area contributed by atoms with E-state index < -0.39 is 5.60 Å². The van der Waals surface area contributed by atoms with Crippen molar-refractivity contribution in [3.63, 3.8) is 0 Å². The summed E-state index contributed by atoms with van der Waals surface area (Å²) in [5, 5.41) is 6.28. The van der Waals surface area contributed by atoms with Gasteiger partial charge in [-0.25, -0.2) is 0 Å². The maximum atomic E-state index is 12.1. The summed E-state index contributed by atoms with van der Waals surface area (Å²) < 4.78 is 5.19. The lowest BCUT2D eigenvalue weighted by Crippen LogP contribution is -2.39. The van der Waals surface area contributed by atoms with Gasteiger partial charge in [0.2, 0.25) is 0 Å². The van der Waals surface area contributed by atoms with Crippen molar-refractivity contribution in [2.24, 2.45) is 0 Å². The molecule has 0 aliphatic rings. The number of para-hydroxylation sites is 1. The van der Waals surface area contributed by atoms with Gasteiger partial charge in [0.25, 0.3) is 5.91 Å². The molecule has 0 saturated heterocycles. The fourth-order valence-electron chi connectivity index (χ4n) is 1.77. The van der Waals surface area contributed by atoms with Gasteiger partial charge in [0.05, 0.1) is 0 Å². The molecule has 0 aliphatic heterocycles. The van der Waals surface area contributed by atoms with Gasteiger partial charge < -0.3 is 15.4 Å². The maximum Gasteiger partial charge on any atom is 0.256 e. The second-order valence-electron chi connectivity index (χ2n) is 5.04. The highest BCUT2D eigenvalue weighted by atomic mass is 16.5. The third-order valence-corrected chi connectivity index (χ3v) is 3.24. The van der Waals surface area contributed by atoms with Gasteiger partial charge in [0, 0.05) is 18.8 Å². The number of hydrogen-bond donors (Lipinski definition) is 2. The molecule has 1 rings (SSSR count). The van der Waals surface area contributed by atoms with Crippen LogP contribution in [0, 0.1) is 0 Å². The highest BCUT2D eigenvalue weighted by molar-refractivity contribution is 5.97. The van der Waals surface area contributed by atoms with Crippen molar-refractivity contribution < 1.29 is 9.53 Å². The molecular formula is C15H24N2O2. The van der Waals surface area contributed by atoms with Crippen molar-refractivity contribution in [3.05, 3.63) is 29.8 Å². The molecule has 0 bridgehead atoms. The molecule has 4 heteroatoms. The van der Waals surface area contributed by atoms with Crippen LogP contribution in [0.2, 0.25) is 0 Å². The largest absolute Gasteiger partial charge is 0.369 e. The minimum atomic E-state index is -0.839. The monoisotopic (exact) mass is 264 g/mol. The topological polar surface area (TPSA) is 50.4 Å². The lowest BCUT2D eigenvalue weighted by Gasteiger charge is -2.24. The van der Waals surface area contributed by atoms with Crippen molar-refractivity contribution in [1.29, 1.82) is 0 Å². The molecular weight excluding hydrogens is 240 g/mol. The van der Waals surface area contributed by atoms with Crippen LogP contribution in [-0.2, 0) is 9.53 Å². The Morgan fingerprint density at radius 2 is 2.00 bits per heavy atom. The fourth-order valence-corrected chi connectivity index (χ4v) is 1.77. The van der Waals surface area contributed by atoms with Gasteiger partial charge in [-0.3, -0.25) is 4.79 Å². The zero-order valence-electron chi connectivity index (χ0n) is 12.4. The van der Waals surface area contributed by atoms with Crippen molar-refractivity contribution in [2.75, 3.05) is 19.0 Å². The zero-order chi connectivity index (χ0) is 14.5. The SMILES string of the molecule is CCNC(C)c1ccccc1NC(=O)C(C)(C)OC. The lowest BCUT2D eigenvalue weighted by molar-refractivity contribution is -0.133. The van der Waals surface area contributed by atoms with Gasteiger partial charge in [0.1, 0.15) is 5.60 Å². The van der Waals surface area contributed by atoms with Crippen molar-refractivity contribution in [1.82, 2.24) is 5.32 Å². The van der Waals surface area contributed by atoms with Crippen molar-refractivity contribution >= 4 is 11.6 Å². The Labute approximate surface area is 115 Å². The molecule has 0 aromatic heterocycles. The molecule has 1 amide bonds. The summed E-state index contributed by atoms with van der Waals surface area (Å²) in [7, 11) is 1.53. The normalized spacial score (nSPS) is 13.1. The third kappa shape index (κ3) is 4.04. The van der Waals surface area contributed by atoms with Gasteiger partial charge in [0.15, 0.2) is 0 Å². The average molecular weight is 264 g/mol. The number of ether oxygens (including phenoxy) is 1. The molecule has 0 spiro atoms. The number of rotatable bonds is 6. The molecule has 4 nitrogen and oxygen atoms in total. The van der Waals surface area contributed by atoms with Crippen LogP contribution >= 0.6 is 0 Å². The van der Waals surface area contributed by atoms with E-state index in [0.29, 0.717) is 0 Å². The van der Waals surface area contributed by atoms with Crippen molar-refractivity contribution in [3.8, 4) is 0 Å². The van der Waals surface area contributed by atoms with Crippen LogP contribution in [0.3, 0.4) is 0 Å². The van der Waals surface area contributed by atoms with E-state index in [0.717, 1.165) is 17.8 Å². The predicted octanol–water partition coefficient (Wildman–Crippen LogP) is 2.72. The average Bonchev–Trinajstić information content (AvgIpc) is 2.39. The first-order chi connectivity index (χ1) is 8.92. The smallest absolute Gasteiger partial charge is 0.256 e. The van der Waals surface area contributed by atoms with Crippen LogP contribution in [-0.4, -0.2) is 25.2 Å². The second kappa shape index (κ2) is 6.68. The molecule has 0 saturated carbocycles. The van der Waals surface area contributed by atoms with E-state index >= 15 is 0 Å². The number of carbonyl (C=O) groups excluding carboxylic acids is 1. The number of carbonyl (C=O) groups is 1. The van der Waals surface area contributed by atoms with Gasteiger partial charge in [-0.05, 0) is 38.9 Å². The maximum absolute atomic E-state index is 12.1. The first-order valence-corrected chi connectivity index (χ1v) is 6.61. The van der Waals surface area contributed by atoms with Crippen molar-refractivity contribution in [2.45, 2.75) is 39.3 Å². The predicted molar refractivity (Wildman–Crippen MR) is 78.3 cm³/mol. The summed E-state index contributed by atoms with van der Waals surface area (Å²) in [6, 6.07) is 8.00. The Hall–Kier alpha value is -1.39. The van der Waals surface area contributed by atoms with E-state index in [-0.39, 0.29) is 11.9 Å². The number of methoxy groups -OCH3 is 1. The number of hydrogen-bond acceptors (Lipinski definition) is 3. The van der Waals surface area contributed by atoms with Crippen LogP contribution < -0.4 is 10.6 Å². The Bertz CT molecular complexity index is 430. The molecule has 0 fully saturated rings. The molecule has 2 N–H and O–H groups in total. The standard InChI is InChI=1S/C15H24N2O2/c1-6-16-11(2)12-9-7-8-10-13(12)17-14(18)15(3,4)19-5/h7-11,16H,6H2,1-5H3,(H,17,18). The highest BCUT2D eigenvalue weighted by Crippen LogP contribution is 2.23. The van der Waals surface area contributed by atoms with Crippen LogP contribution in [0.5, 0.6) is 0 Å². The Morgan fingerprint density at radius 1 is 1.37 bits per heavy atom. The molecule has 19 heavy (non-hydrogen) atoms. The minimum absolute atomic E-state index is 0.147. The summed E-state index contributed by atoms with van der Waals surface area (Å²) in [4.78, 5) is 12.1. The zero-order valence-corrected chi connectivity index (χ0v) is 12.4. The summed E-state index contributed by atoms with van der Waals surface area (Å²) in [6.07, 6.45) is 0. The van der Waals surface area contributed by atoms with Gasteiger partial charge in [-0.2, -0.15) is 0 Å². The van der Waals surface area contributed by atoms with E-state index in [1.165, 1.54) is 7.11 Å².